The van der Waals surface area contributed by atoms with Gasteiger partial charge < -0.3 is 0 Å². The van der Waals surface area contributed by atoms with Crippen LogP contribution in [0, 0.1) is 5.82 Å². The minimum atomic E-state index is -0.759. The number of Topliss-reactive ketones (excluding diaryl/α,β-unsaturated/α-hetero) is 1. The summed E-state index contributed by atoms with van der Waals surface area (Å²) in [5.41, 5.74) is -0.321. The molecule has 0 fully saturated rings. The summed E-state index contributed by atoms with van der Waals surface area (Å²) in [7, 11) is 0. The highest BCUT2D eigenvalue weighted by Crippen LogP contribution is 2.28. The largest absolute Gasteiger partial charge is 0.299 e. The monoisotopic (exact) mass is 258 g/mol. The first-order valence-corrected chi connectivity index (χ1v) is 5.11. The molecular weight excluding hydrogens is 247 g/mol. The molecule has 1 nitrogen and oxygen atoms in total. The van der Waals surface area contributed by atoms with Gasteiger partial charge in [-0.25, -0.2) is 4.39 Å². The molecule has 0 radical (unpaired) electrons. The van der Waals surface area contributed by atoms with Gasteiger partial charge in [0.15, 0.2) is 0 Å². The minimum Gasteiger partial charge on any atom is -0.299 e. The third kappa shape index (κ3) is 2.03. The van der Waals surface area contributed by atoms with Crippen LogP contribution < -0.4 is 0 Å². The molecule has 0 amide bonds. The molecule has 1 rings (SSSR count). The molecule has 0 aliphatic heterocycles. The number of rotatable bonds is 2. The highest BCUT2D eigenvalue weighted by molar-refractivity contribution is 9.10. The molecule has 0 aromatic heterocycles. The van der Waals surface area contributed by atoms with Gasteiger partial charge in [0, 0.05) is 10.0 Å². The molecule has 3 heteroatoms. The first kappa shape index (κ1) is 11.4. The van der Waals surface area contributed by atoms with E-state index >= 15 is 0 Å². The zero-order valence-corrected chi connectivity index (χ0v) is 9.98. The molecular formula is C11H12BrFO. The Kier molecular flexibility index (Phi) is 3.10. The lowest BCUT2D eigenvalue weighted by atomic mass is 9.81. The number of carbonyl (C=O) groups is 1. The lowest BCUT2D eigenvalue weighted by Gasteiger charge is -2.22. The van der Waals surface area contributed by atoms with E-state index in [1.54, 1.807) is 26.0 Å². The van der Waals surface area contributed by atoms with E-state index in [1.807, 2.05) is 0 Å². The van der Waals surface area contributed by atoms with Crippen molar-refractivity contribution >= 4 is 21.7 Å². The van der Waals surface area contributed by atoms with Crippen molar-refractivity contribution in [1.29, 1.82) is 0 Å². The molecule has 1 aromatic rings. The molecule has 0 unspecified atom stereocenters. The fourth-order valence-corrected chi connectivity index (χ4v) is 1.52. The van der Waals surface area contributed by atoms with Gasteiger partial charge in [-0.15, -0.1) is 0 Å². The van der Waals surface area contributed by atoms with Crippen LogP contribution in [0.2, 0.25) is 0 Å². The number of halogens is 2. The van der Waals surface area contributed by atoms with Gasteiger partial charge in [-0.1, -0.05) is 22.0 Å². The maximum atomic E-state index is 13.5. The molecule has 0 bridgehead atoms. The normalized spacial score (nSPS) is 11.5. The van der Waals surface area contributed by atoms with E-state index in [2.05, 4.69) is 15.9 Å². The zero-order valence-electron chi connectivity index (χ0n) is 8.40. The van der Waals surface area contributed by atoms with Crippen molar-refractivity contribution in [2.24, 2.45) is 0 Å². The smallest absolute Gasteiger partial charge is 0.139 e. The van der Waals surface area contributed by atoms with Gasteiger partial charge >= 0.3 is 0 Å². The number of carbonyl (C=O) groups excluding carboxylic acids is 1. The lowest BCUT2D eigenvalue weighted by molar-refractivity contribution is -0.121. The van der Waals surface area contributed by atoms with E-state index in [1.165, 1.54) is 13.0 Å². The van der Waals surface area contributed by atoms with Gasteiger partial charge in [0.25, 0.3) is 0 Å². The second-order valence-electron chi connectivity index (χ2n) is 3.81. The molecule has 0 aliphatic rings. The number of hydrogen-bond acceptors (Lipinski definition) is 1. The summed E-state index contributed by atoms with van der Waals surface area (Å²) in [6.07, 6.45) is 0. The van der Waals surface area contributed by atoms with Crippen LogP contribution >= 0.6 is 15.9 Å². The van der Waals surface area contributed by atoms with E-state index in [9.17, 15) is 9.18 Å². The Morgan fingerprint density at radius 1 is 1.43 bits per heavy atom. The molecule has 0 atom stereocenters. The van der Waals surface area contributed by atoms with Crippen molar-refractivity contribution in [2.45, 2.75) is 26.2 Å². The highest BCUT2D eigenvalue weighted by atomic mass is 79.9. The second kappa shape index (κ2) is 3.81. The molecule has 14 heavy (non-hydrogen) atoms. The van der Waals surface area contributed by atoms with Crippen molar-refractivity contribution in [3.63, 3.8) is 0 Å². The standard InChI is InChI=1S/C11H12BrFO/c1-7(14)11(2,3)9-5-4-8(12)6-10(9)13/h4-6H,1-3H3. The number of hydrogen-bond donors (Lipinski definition) is 0. The predicted octanol–water partition coefficient (Wildman–Crippen LogP) is 3.45. The molecule has 0 saturated carbocycles. The lowest BCUT2D eigenvalue weighted by Crippen LogP contribution is -2.27. The van der Waals surface area contributed by atoms with Crippen molar-refractivity contribution in [2.75, 3.05) is 0 Å². The number of ketones is 1. The van der Waals surface area contributed by atoms with E-state index in [4.69, 9.17) is 0 Å². The van der Waals surface area contributed by atoms with Crippen molar-refractivity contribution in [3.05, 3.63) is 34.1 Å². The van der Waals surface area contributed by atoms with E-state index < -0.39 is 5.41 Å². The average molecular weight is 259 g/mol. The van der Waals surface area contributed by atoms with Gasteiger partial charge in [-0.3, -0.25) is 4.79 Å². The highest BCUT2D eigenvalue weighted by Gasteiger charge is 2.28. The summed E-state index contributed by atoms with van der Waals surface area (Å²) >= 11 is 3.18. The Morgan fingerprint density at radius 2 is 2.00 bits per heavy atom. The molecule has 0 heterocycles. The maximum absolute atomic E-state index is 13.5. The SMILES string of the molecule is CC(=O)C(C)(C)c1ccc(Br)cc1F. The quantitative estimate of drug-likeness (QED) is 0.794. The van der Waals surface area contributed by atoms with Gasteiger partial charge in [0.2, 0.25) is 0 Å². The average Bonchev–Trinajstić information content (AvgIpc) is 2.02. The molecule has 1 aromatic carbocycles. The molecule has 0 N–H and O–H groups in total. The van der Waals surface area contributed by atoms with Crippen LogP contribution in [-0.4, -0.2) is 5.78 Å². The van der Waals surface area contributed by atoms with Crippen LogP contribution in [0.4, 0.5) is 4.39 Å². The van der Waals surface area contributed by atoms with Gasteiger partial charge in [-0.05, 0) is 32.9 Å². The Labute approximate surface area is 91.5 Å². The second-order valence-corrected chi connectivity index (χ2v) is 4.72. The van der Waals surface area contributed by atoms with Gasteiger partial charge in [0.1, 0.15) is 11.6 Å². The first-order valence-electron chi connectivity index (χ1n) is 4.32. The summed E-state index contributed by atoms with van der Waals surface area (Å²) in [6, 6.07) is 4.75. The van der Waals surface area contributed by atoms with Crippen LogP contribution in [0.1, 0.15) is 26.3 Å². The van der Waals surface area contributed by atoms with Crippen molar-refractivity contribution in [3.8, 4) is 0 Å². The van der Waals surface area contributed by atoms with Crippen LogP contribution in [0.25, 0.3) is 0 Å². The fraction of sp³-hybridized carbons (Fsp3) is 0.364. The third-order valence-corrected chi connectivity index (χ3v) is 2.98. The van der Waals surface area contributed by atoms with E-state index in [0.717, 1.165) is 0 Å². The van der Waals surface area contributed by atoms with Gasteiger partial charge in [0.05, 0.1) is 5.41 Å². The predicted molar refractivity (Wildman–Crippen MR) is 57.8 cm³/mol. The van der Waals surface area contributed by atoms with E-state index in [-0.39, 0.29) is 11.6 Å². The first-order chi connectivity index (χ1) is 6.35. The summed E-state index contributed by atoms with van der Waals surface area (Å²) in [6.45, 7) is 4.92. The van der Waals surface area contributed by atoms with Crippen LogP contribution in [-0.2, 0) is 10.2 Å². The summed E-state index contributed by atoms with van der Waals surface area (Å²) in [5, 5.41) is 0. The Hall–Kier alpha value is -0.700. The maximum Gasteiger partial charge on any atom is 0.139 e. The summed E-state index contributed by atoms with van der Waals surface area (Å²) < 4.78 is 14.2. The van der Waals surface area contributed by atoms with E-state index in [0.29, 0.717) is 10.0 Å². The van der Waals surface area contributed by atoms with Crippen molar-refractivity contribution < 1.29 is 9.18 Å². The molecule has 0 spiro atoms. The zero-order chi connectivity index (χ0) is 10.9. The fourth-order valence-electron chi connectivity index (χ4n) is 1.19. The number of benzene rings is 1. The summed E-state index contributed by atoms with van der Waals surface area (Å²) in [5.74, 6) is -0.390. The third-order valence-electron chi connectivity index (χ3n) is 2.48. The Bertz CT molecular complexity index is 372. The summed E-state index contributed by atoms with van der Waals surface area (Å²) in [4.78, 5) is 11.3. The molecule has 76 valence electrons. The van der Waals surface area contributed by atoms with Gasteiger partial charge in [-0.2, -0.15) is 0 Å². The van der Waals surface area contributed by atoms with Crippen LogP contribution in [0.5, 0.6) is 0 Å². The topological polar surface area (TPSA) is 17.1 Å². The Balaban J connectivity index is 3.26. The van der Waals surface area contributed by atoms with Crippen molar-refractivity contribution in [1.82, 2.24) is 0 Å². The molecule has 0 saturated heterocycles. The minimum absolute atomic E-state index is 0.0428. The van der Waals surface area contributed by atoms with Crippen LogP contribution in [0.15, 0.2) is 22.7 Å². The molecule has 0 aliphatic carbocycles. The Morgan fingerprint density at radius 3 is 2.43 bits per heavy atom. The van der Waals surface area contributed by atoms with Crippen LogP contribution in [0.3, 0.4) is 0 Å².